The molecule has 0 aliphatic rings. The maximum atomic E-state index is 6.09. The second-order valence-corrected chi connectivity index (χ2v) is 5.09. The van der Waals surface area contributed by atoms with Crippen LogP contribution < -0.4 is 5.73 Å². The van der Waals surface area contributed by atoms with E-state index in [-0.39, 0.29) is 0 Å². The van der Waals surface area contributed by atoms with E-state index in [2.05, 4.69) is 24.0 Å². The van der Waals surface area contributed by atoms with Crippen LogP contribution in [0.15, 0.2) is 4.52 Å². The van der Waals surface area contributed by atoms with Crippen molar-refractivity contribution < 1.29 is 4.52 Å². The molecule has 15 heavy (non-hydrogen) atoms. The summed E-state index contributed by atoms with van der Waals surface area (Å²) in [6, 6.07) is 0. The minimum absolute atomic E-state index is 0.489. The third-order valence-electron chi connectivity index (χ3n) is 2.16. The van der Waals surface area contributed by atoms with Crippen LogP contribution in [0.2, 0.25) is 0 Å². The molecular weight excluding hydrogens is 210 g/mol. The number of hydrogen-bond acceptors (Lipinski definition) is 5. The molecule has 2 N–H and O–H groups in total. The average molecular weight is 229 g/mol. The van der Waals surface area contributed by atoms with Gasteiger partial charge in [-0.1, -0.05) is 25.4 Å². The van der Waals surface area contributed by atoms with Gasteiger partial charge in [0, 0.05) is 0 Å². The Morgan fingerprint density at radius 2 is 2.20 bits per heavy atom. The highest BCUT2D eigenvalue weighted by atomic mass is 32.2. The van der Waals surface area contributed by atoms with E-state index in [1.807, 2.05) is 6.92 Å². The van der Waals surface area contributed by atoms with Crippen LogP contribution in [0.25, 0.3) is 0 Å². The molecule has 0 bridgehead atoms. The summed E-state index contributed by atoms with van der Waals surface area (Å²) in [6.07, 6.45) is 1.87. The number of thioether (sulfide) groups is 1. The monoisotopic (exact) mass is 229 g/mol. The third-order valence-corrected chi connectivity index (χ3v) is 3.03. The minimum atomic E-state index is -0.489. The lowest BCUT2D eigenvalue weighted by Gasteiger charge is -2.18. The van der Waals surface area contributed by atoms with Crippen LogP contribution in [0.1, 0.15) is 45.3 Å². The molecule has 0 saturated heterocycles. The van der Waals surface area contributed by atoms with Crippen LogP contribution in [0.3, 0.4) is 0 Å². The van der Waals surface area contributed by atoms with E-state index < -0.39 is 5.54 Å². The van der Waals surface area contributed by atoms with Gasteiger partial charge in [0.25, 0.3) is 0 Å². The summed E-state index contributed by atoms with van der Waals surface area (Å²) in [5.41, 5.74) is 5.60. The molecular formula is C10H19N3OS. The van der Waals surface area contributed by atoms with Crippen molar-refractivity contribution in [2.75, 3.05) is 5.75 Å². The molecule has 0 spiro atoms. The molecule has 1 aromatic heterocycles. The van der Waals surface area contributed by atoms with Gasteiger partial charge in [0.05, 0.1) is 11.3 Å². The van der Waals surface area contributed by atoms with Crippen molar-refractivity contribution in [2.24, 2.45) is 5.73 Å². The molecule has 1 rings (SSSR count). The molecule has 0 saturated carbocycles. The fraction of sp³-hybridized carbons (Fsp3) is 0.800. The van der Waals surface area contributed by atoms with Gasteiger partial charge >= 0.3 is 0 Å². The Labute approximate surface area is 95.0 Å². The Morgan fingerprint density at radius 3 is 2.80 bits per heavy atom. The number of rotatable bonds is 6. The van der Waals surface area contributed by atoms with E-state index in [4.69, 9.17) is 10.3 Å². The minimum Gasteiger partial charge on any atom is -0.337 e. The Bertz CT molecular complexity index is 299. The fourth-order valence-electron chi connectivity index (χ4n) is 1.36. The summed E-state index contributed by atoms with van der Waals surface area (Å²) >= 11 is 1.77. The maximum Gasteiger partial charge on any atom is 0.246 e. The van der Waals surface area contributed by atoms with Gasteiger partial charge in [0.15, 0.2) is 5.82 Å². The van der Waals surface area contributed by atoms with Crippen LogP contribution >= 0.6 is 11.8 Å². The van der Waals surface area contributed by atoms with Crippen LogP contribution in [-0.2, 0) is 11.3 Å². The van der Waals surface area contributed by atoms with E-state index in [1.54, 1.807) is 11.8 Å². The second kappa shape index (κ2) is 5.51. The van der Waals surface area contributed by atoms with Gasteiger partial charge in [0.1, 0.15) is 0 Å². The SMILES string of the molecule is CCCC(C)(N)c1nc(CSCC)no1. The lowest BCUT2D eigenvalue weighted by Crippen LogP contribution is -2.33. The van der Waals surface area contributed by atoms with Crippen LogP contribution in [-0.4, -0.2) is 15.9 Å². The van der Waals surface area contributed by atoms with Crippen LogP contribution in [0.5, 0.6) is 0 Å². The smallest absolute Gasteiger partial charge is 0.246 e. The Hall–Kier alpha value is -0.550. The molecule has 1 aromatic rings. The van der Waals surface area contributed by atoms with Crippen molar-refractivity contribution in [2.45, 2.75) is 44.9 Å². The molecule has 0 amide bonds. The zero-order valence-electron chi connectivity index (χ0n) is 9.62. The standard InChI is InChI=1S/C10H19N3OS/c1-4-6-10(3,11)9-12-8(13-14-9)7-15-5-2/h4-7,11H2,1-3H3. The Morgan fingerprint density at radius 1 is 1.47 bits per heavy atom. The van der Waals surface area contributed by atoms with Crippen molar-refractivity contribution in [3.05, 3.63) is 11.7 Å². The van der Waals surface area contributed by atoms with Crippen molar-refractivity contribution in [1.29, 1.82) is 0 Å². The summed E-state index contributed by atoms with van der Waals surface area (Å²) in [4.78, 5) is 4.31. The van der Waals surface area contributed by atoms with E-state index in [0.29, 0.717) is 5.89 Å². The zero-order valence-corrected chi connectivity index (χ0v) is 10.4. The first kappa shape index (κ1) is 12.5. The summed E-state index contributed by atoms with van der Waals surface area (Å²) in [5.74, 6) is 3.14. The predicted molar refractivity (Wildman–Crippen MR) is 62.6 cm³/mol. The molecule has 86 valence electrons. The lowest BCUT2D eigenvalue weighted by molar-refractivity contribution is 0.282. The third kappa shape index (κ3) is 3.50. The fourth-order valence-corrected chi connectivity index (χ4v) is 1.87. The summed E-state index contributed by atoms with van der Waals surface area (Å²) in [5, 5.41) is 3.92. The molecule has 0 fully saturated rings. The van der Waals surface area contributed by atoms with E-state index in [1.165, 1.54) is 0 Å². The molecule has 0 aliphatic heterocycles. The number of hydrogen-bond donors (Lipinski definition) is 1. The van der Waals surface area contributed by atoms with Gasteiger partial charge in [-0.05, 0) is 19.1 Å². The van der Waals surface area contributed by atoms with E-state index >= 15 is 0 Å². The Balaban J connectivity index is 2.66. The number of nitrogens with two attached hydrogens (primary N) is 1. The van der Waals surface area contributed by atoms with Crippen LogP contribution in [0.4, 0.5) is 0 Å². The molecule has 5 heteroatoms. The lowest BCUT2D eigenvalue weighted by atomic mass is 9.98. The van der Waals surface area contributed by atoms with Gasteiger partial charge in [-0.2, -0.15) is 16.7 Å². The van der Waals surface area contributed by atoms with Gasteiger partial charge in [-0.25, -0.2) is 0 Å². The highest BCUT2D eigenvalue weighted by Crippen LogP contribution is 2.22. The first-order valence-electron chi connectivity index (χ1n) is 5.29. The van der Waals surface area contributed by atoms with E-state index in [9.17, 15) is 0 Å². The highest BCUT2D eigenvalue weighted by molar-refractivity contribution is 7.98. The quantitative estimate of drug-likeness (QED) is 0.810. The highest BCUT2D eigenvalue weighted by Gasteiger charge is 2.27. The normalized spacial score (nSPS) is 15.2. The number of aromatic nitrogens is 2. The molecule has 1 unspecified atom stereocenters. The summed E-state index contributed by atoms with van der Waals surface area (Å²) in [7, 11) is 0. The number of nitrogens with zero attached hydrogens (tertiary/aromatic N) is 2. The first-order valence-corrected chi connectivity index (χ1v) is 6.45. The first-order chi connectivity index (χ1) is 7.10. The van der Waals surface area contributed by atoms with Crippen molar-refractivity contribution in [3.63, 3.8) is 0 Å². The molecule has 0 aromatic carbocycles. The predicted octanol–water partition coefficient (Wildman–Crippen LogP) is 2.30. The zero-order chi connectivity index (χ0) is 11.3. The van der Waals surface area contributed by atoms with Gasteiger partial charge in [-0.3, -0.25) is 0 Å². The van der Waals surface area contributed by atoms with Crippen molar-refractivity contribution in [1.82, 2.24) is 10.1 Å². The summed E-state index contributed by atoms with van der Waals surface area (Å²) < 4.78 is 5.18. The van der Waals surface area contributed by atoms with Crippen molar-refractivity contribution >= 4 is 11.8 Å². The summed E-state index contributed by atoms with van der Waals surface area (Å²) in [6.45, 7) is 6.13. The second-order valence-electron chi connectivity index (χ2n) is 3.82. The van der Waals surface area contributed by atoms with Gasteiger partial charge in [0.2, 0.25) is 5.89 Å². The van der Waals surface area contributed by atoms with E-state index in [0.717, 1.165) is 30.2 Å². The average Bonchev–Trinajstić information content (AvgIpc) is 2.63. The Kier molecular flexibility index (Phi) is 4.60. The molecule has 0 radical (unpaired) electrons. The maximum absolute atomic E-state index is 6.09. The molecule has 1 heterocycles. The molecule has 4 nitrogen and oxygen atoms in total. The van der Waals surface area contributed by atoms with Gasteiger partial charge < -0.3 is 10.3 Å². The largest absolute Gasteiger partial charge is 0.337 e. The topological polar surface area (TPSA) is 64.9 Å². The van der Waals surface area contributed by atoms with Crippen molar-refractivity contribution in [3.8, 4) is 0 Å². The van der Waals surface area contributed by atoms with Crippen LogP contribution in [0, 0.1) is 0 Å². The molecule has 0 aliphatic carbocycles. The van der Waals surface area contributed by atoms with Gasteiger partial charge in [-0.15, -0.1) is 0 Å². The molecule has 1 atom stereocenters.